The second-order valence-corrected chi connectivity index (χ2v) is 5.07. The maximum Gasteiger partial charge on any atom is 0.207 e. The Morgan fingerprint density at radius 2 is 1.68 bits per heavy atom. The van der Waals surface area contributed by atoms with Crippen molar-refractivity contribution in [2.75, 3.05) is 20.6 Å². The predicted molar refractivity (Wildman–Crippen MR) is 85.3 cm³/mol. The normalized spacial score (nSPS) is 22.1. The minimum atomic E-state index is 0.466. The van der Waals surface area contributed by atoms with Gasteiger partial charge in [-0.2, -0.15) is 0 Å². The first-order valence-electron chi connectivity index (χ1n) is 7.55. The van der Waals surface area contributed by atoms with E-state index in [-0.39, 0.29) is 0 Å². The summed E-state index contributed by atoms with van der Waals surface area (Å²) in [4.78, 5) is 12.2. The lowest BCUT2D eigenvalue weighted by Crippen LogP contribution is -2.31. The molecular weight excluding hydrogens is 236 g/mol. The minimum Gasteiger partial charge on any atom is -0.356 e. The van der Waals surface area contributed by atoms with Gasteiger partial charge in [-0.15, -0.1) is 0 Å². The van der Waals surface area contributed by atoms with Crippen LogP contribution in [0.2, 0.25) is 0 Å². The summed E-state index contributed by atoms with van der Waals surface area (Å²) in [6.45, 7) is 9.36. The Labute approximate surface area is 120 Å². The third-order valence-electron chi connectivity index (χ3n) is 3.03. The number of hydrogen-bond donors (Lipinski definition) is 1. The third-order valence-corrected chi connectivity index (χ3v) is 3.03. The van der Waals surface area contributed by atoms with Crippen LogP contribution in [0, 0.1) is 5.92 Å². The van der Waals surface area contributed by atoms with E-state index in [2.05, 4.69) is 43.4 Å². The van der Waals surface area contributed by atoms with Gasteiger partial charge in [0.05, 0.1) is 0 Å². The van der Waals surface area contributed by atoms with Crippen molar-refractivity contribution in [3.05, 3.63) is 12.2 Å². The van der Waals surface area contributed by atoms with Crippen molar-refractivity contribution >= 4 is 6.41 Å². The van der Waals surface area contributed by atoms with Gasteiger partial charge in [0, 0.05) is 12.6 Å². The molecule has 0 aromatic heterocycles. The van der Waals surface area contributed by atoms with Gasteiger partial charge in [0.25, 0.3) is 0 Å². The van der Waals surface area contributed by atoms with E-state index in [0.29, 0.717) is 6.04 Å². The summed E-state index contributed by atoms with van der Waals surface area (Å²) < 4.78 is 0. The molecule has 1 aliphatic rings. The number of rotatable bonds is 4. The fourth-order valence-corrected chi connectivity index (χ4v) is 1.84. The molecule has 0 saturated heterocycles. The number of nitrogens with zero attached hydrogens (tertiary/aromatic N) is 1. The number of carbonyl (C=O) groups excluding carboxylic acids is 1. The molecule has 0 heterocycles. The Hall–Kier alpha value is -0.830. The van der Waals surface area contributed by atoms with Gasteiger partial charge in [-0.25, -0.2) is 0 Å². The first-order valence-corrected chi connectivity index (χ1v) is 7.55. The number of amides is 1. The monoisotopic (exact) mass is 270 g/mol. The molecule has 0 aromatic rings. The number of carbonyl (C=O) groups is 1. The van der Waals surface area contributed by atoms with Crippen molar-refractivity contribution in [1.29, 1.82) is 0 Å². The highest BCUT2D eigenvalue weighted by molar-refractivity contribution is 5.46. The van der Waals surface area contributed by atoms with E-state index < -0.39 is 0 Å². The van der Waals surface area contributed by atoms with E-state index in [4.69, 9.17) is 0 Å². The molecule has 1 N–H and O–H groups in total. The van der Waals surface area contributed by atoms with E-state index in [9.17, 15) is 4.79 Å². The summed E-state index contributed by atoms with van der Waals surface area (Å²) in [5.74, 6) is 0.865. The third kappa shape index (κ3) is 15.1. The molecule has 1 amide bonds. The molecule has 0 aliphatic heterocycles. The summed E-state index contributed by atoms with van der Waals surface area (Å²) in [6.07, 6.45) is 9.87. The van der Waals surface area contributed by atoms with E-state index in [0.717, 1.165) is 18.9 Å². The first-order chi connectivity index (χ1) is 9.10. The summed E-state index contributed by atoms with van der Waals surface area (Å²) >= 11 is 0. The van der Waals surface area contributed by atoms with Crippen LogP contribution >= 0.6 is 0 Å². The summed E-state index contributed by atoms with van der Waals surface area (Å²) in [7, 11) is 4.11. The van der Waals surface area contributed by atoms with Gasteiger partial charge in [0.15, 0.2) is 0 Å². The average Bonchev–Trinajstić information content (AvgIpc) is 2.42. The Kier molecular flexibility index (Phi) is 16.4. The van der Waals surface area contributed by atoms with Gasteiger partial charge in [0.2, 0.25) is 6.41 Å². The molecule has 0 unspecified atom stereocenters. The lowest BCUT2D eigenvalue weighted by Gasteiger charge is -2.25. The molecule has 1 fully saturated rings. The zero-order valence-electron chi connectivity index (χ0n) is 13.8. The van der Waals surface area contributed by atoms with Gasteiger partial charge in [0.1, 0.15) is 0 Å². The second kappa shape index (κ2) is 15.2. The van der Waals surface area contributed by atoms with Crippen molar-refractivity contribution in [3.8, 4) is 0 Å². The molecule has 0 atom stereocenters. The molecule has 1 saturated carbocycles. The van der Waals surface area contributed by atoms with E-state index in [1.165, 1.54) is 25.7 Å². The van der Waals surface area contributed by atoms with Crippen molar-refractivity contribution in [1.82, 2.24) is 10.2 Å². The molecule has 19 heavy (non-hydrogen) atoms. The number of likely N-dealkylation sites (N-methyl/N-ethyl adjacent to an activating group) is 1. The van der Waals surface area contributed by atoms with Crippen molar-refractivity contribution in [2.45, 2.75) is 59.4 Å². The van der Waals surface area contributed by atoms with E-state index in [1.54, 1.807) is 0 Å². The quantitative estimate of drug-likeness (QED) is 0.627. The molecule has 0 radical (unpaired) electrons. The Morgan fingerprint density at radius 3 is 2.00 bits per heavy atom. The average molecular weight is 270 g/mol. The number of allylic oxidation sites excluding steroid dienone is 1. The van der Waals surface area contributed by atoms with Gasteiger partial charge < -0.3 is 10.2 Å². The van der Waals surface area contributed by atoms with E-state index >= 15 is 0 Å². The zero-order chi connectivity index (χ0) is 15.1. The van der Waals surface area contributed by atoms with Crippen molar-refractivity contribution < 1.29 is 4.79 Å². The molecule has 3 nitrogen and oxygen atoms in total. The lowest BCUT2D eigenvalue weighted by molar-refractivity contribution is -0.110. The molecule has 0 spiro atoms. The highest BCUT2D eigenvalue weighted by Gasteiger charge is 2.16. The molecule has 1 rings (SSSR count). The molecule has 0 aromatic carbocycles. The van der Waals surface area contributed by atoms with Crippen molar-refractivity contribution in [3.63, 3.8) is 0 Å². The summed E-state index contributed by atoms with van der Waals surface area (Å²) in [6, 6.07) is 0.466. The molecule has 0 bridgehead atoms. The van der Waals surface area contributed by atoms with Gasteiger partial charge in [-0.1, -0.05) is 32.9 Å². The van der Waals surface area contributed by atoms with Crippen LogP contribution in [-0.2, 0) is 4.79 Å². The fourth-order valence-electron chi connectivity index (χ4n) is 1.84. The number of hydrogen-bond acceptors (Lipinski definition) is 2. The standard InChI is InChI=1S/C8H15NO.C6H13N.C2H6/c1-7-2-4-8(5-3-7)9-6-10;1-4-5-6-7(2)3;1-2/h6-8H,2-5H2,1H3,(H,9,10);4-5H,6H2,1-3H3;1-2H3/b;5-4+;. The SMILES string of the molecule is C/C=C/CN(C)C.CC.CC1CCC(NC=O)CC1. The molecule has 1 aliphatic carbocycles. The van der Waals surface area contributed by atoms with Gasteiger partial charge >= 0.3 is 0 Å². The molecule has 3 heteroatoms. The summed E-state index contributed by atoms with van der Waals surface area (Å²) in [5, 5.41) is 2.82. The van der Waals surface area contributed by atoms with Crippen LogP contribution in [0.5, 0.6) is 0 Å². The minimum absolute atomic E-state index is 0.466. The van der Waals surface area contributed by atoms with Crippen LogP contribution in [0.25, 0.3) is 0 Å². The Bertz CT molecular complexity index is 207. The predicted octanol–water partition coefficient (Wildman–Crippen LogP) is 3.46. The topological polar surface area (TPSA) is 32.3 Å². The fraction of sp³-hybridized carbons (Fsp3) is 0.812. The van der Waals surface area contributed by atoms with Crippen molar-refractivity contribution in [2.24, 2.45) is 5.92 Å². The highest BCUT2D eigenvalue weighted by atomic mass is 16.1. The van der Waals surface area contributed by atoms with Crippen LogP contribution in [0.3, 0.4) is 0 Å². The van der Waals surface area contributed by atoms with Crippen LogP contribution in [0.4, 0.5) is 0 Å². The first kappa shape index (κ1) is 20.5. The lowest BCUT2D eigenvalue weighted by atomic mass is 9.87. The van der Waals surface area contributed by atoms with Crippen LogP contribution in [0.1, 0.15) is 53.4 Å². The maximum absolute atomic E-state index is 10.0. The van der Waals surface area contributed by atoms with E-state index in [1.807, 2.05) is 20.8 Å². The van der Waals surface area contributed by atoms with Crippen LogP contribution in [0.15, 0.2) is 12.2 Å². The Balaban J connectivity index is 0. The van der Waals surface area contributed by atoms with Gasteiger partial charge in [-0.05, 0) is 52.6 Å². The molecular formula is C16H34N2O. The smallest absolute Gasteiger partial charge is 0.207 e. The maximum atomic E-state index is 10.0. The Morgan fingerprint density at radius 1 is 1.16 bits per heavy atom. The zero-order valence-corrected chi connectivity index (χ0v) is 13.8. The van der Waals surface area contributed by atoms with Crippen LogP contribution < -0.4 is 5.32 Å². The summed E-state index contributed by atoms with van der Waals surface area (Å²) in [5.41, 5.74) is 0. The largest absolute Gasteiger partial charge is 0.356 e. The van der Waals surface area contributed by atoms with Gasteiger partial charge in [-0.3, -0.25) is 4.79 Å². The number of nitrogens with one attached hydrogen (secondary N) is 1. The van der Waals surface area contributed by atoms with Crippen LogP contribution in [-0.4, -0.2) is 38.0 Å². The highest BCUT2D eigenvalue weighted by Crippen LogP contribution is 2.22. The molecule has 114 valence electrons. The second-order valence-electron chi connectivity index (χ2n) is 5.07.